The van der Waals surface area contributed by atoms with Crippen molar-refractivity contribution in [3.8, 4) is 0 Å². The molecule has 0 spiro atoms. The Kier molecular flexibility index (Phi) is 4.66. The zero-order chi connectivity index (χ0) is 19.8. The van der Waals surface area contributed by atoms with Gasteiger partial charge in [0.05, 0.1) is 17.5 Å². The van der Waals surface area contributed by atoms with E-state index in [9.17, 15) is 9.59 Å². The third-order valence-corrected chi connectivity index (χ3v) is 4.96. The highest BCUT2D eigenvalue weighted by molar-refractivity contribution is 6.06. The van der Waals surface area contributed by atoms with E-state index in [1.54, 1.807) is 23.0 Å². The highest BCUT2D eigenvalue weighted by Crippen LogP contribution is 2.42. The Morgan fingerprint density at radius 1 is 1.29 bits per heavy atom. The number of aliphatic carboxylic acids is 1. The molecular formula is C21H24N4O3. The van der Waals surface area contributed by atoms with Gasteiger partial charge in [-0.3, -0.25) is 14.3 Å². The third-order valence-electron chi connectivity index (χ3n) is 4.96. The van der Waals surface area contributed by atoms with E-state index in [-0.39, 0.29) is 12.5 Å². The zero-order valence-electron chi connectivity index (χ0n) is 16.1. The van der Waals surface area contributed by atoms with Crippen LogP contribution in [0.4, 0.5) is 5.69 Å². The number of anilines is 1. The Balaban J connectivity index is 1.57. The Morgan fingerprint density at radius 3 is 2.75 bits per heavy atom. The van der Waals surface area contributed by atoms with E-state index in [1.165, 1.54) is 0 Å². The first-order valence-electron chi connectivity index (χ1n) is 9.60. The summed E-state index contributed by atoms with van der Waals surface area (Å²) < 4.78 is 3.65. The molecule has 0 unspecified atom stereocenters. The Morgan fingerprint density at radius 2 is 2.07 bits per heavy atom. The Hall–Kier alpha value is -3.09. The number of hydrogen-bond acceptors (Lipinski definition) is 3. The minimum atomic E-state index is -0.888. The lowest BCUT2D eigenvalue weighted by atomic mass is 10.1. The summed E-state index contributed by atoms with van der Waals surface area (Å²) in [7, 11) is 0. The first-order chi connectivity index (χ1) is 13.4. The second-order valence-electron chi connectivity index (χ2n) is 7.86. The molecule has 0 saturated heterocycles. The summed E-state index contributed by atoms with van der Waals surface area (Å²) >= 11 is 0. The molecule has 0 bridgehead atoms. The van der Waals surface area contributed by atoms with Crippen LogP contribution in [-0.2, 0) is 17.9 Å². The number of rotatable bonds is 7. The first-order valence-corrected chi connectivity index (χ1v) is 9.60. The van der Waals surface area contributed by atoms with Gasteiger partial charge in [-0.05, 0) is 43.0 Å². The van der Waals surface area contributed by atoms with Crippen molar-refractivity contribution in [2.75, 3.05) is 5.32 Å². The number of carbonyl (C=O) groups is 2. The maximum atomic E-state index is 12.9. The predicted molar refractivity (Wildman–Crippen MR) is 107 cm³/mol. The molecule has 7 heteroatoms. The van der Waals surface area contributed by atoms with Crippen LogP contribution in [0.5, 0.6) is 0 Å². The summed E-state index contributed by atoms with van der Waals surface area (Å²) in [5.74, 6) is -0.151. The van der Waals surface area contributed by atoms with Gasteiger partial charge in [0.2, 0.25) is 0 Å². The Bertz CT molecular complexity index is 1040. The molecule has 1 aliphatic rings. The van der Waals surface area contributed by atoms with Gasteiger partial charge in [0.1, 0.15) is 6.54 Å². The van der Waals surface area contributed by atoms with E-state index >= 15 is 0 Å². The topological polar surface area (TPSA) is 89.2 Å². The van der Waals surface area contributed by atoms with Crippen LogP contribution in [0, 0.1) is 5.92 Å². The van der Waals surface area contributed by atoms with Gasteiger partial charge in [-0.15, -0.1) is 0 Å². The van der Waals surface area contributed by atoms with Crippen LogP contribution < -0.4 is 5.32 Å². The minimum absolute atomic E-state index is 0.0883. The molecule has 1 amide bonds. The summed E-state index contributed by atoms with van der Waals surface area (Å²) in [5.41, 5.74) is 3.19. The molecule has 2 aromatic heterocycles. The summed E-state index contributed by atoms with van der Waals surface area (Å²) in [6.45, 7) is 5.00. The zero-order valence-corrected chi connectivity index (χ0v) is 16.1. The van der Waals surface area contributed by atoms with Crippen LogP contribution in [0.25, 0.3) is 10.9 Å². The number of hydrogen-bond donors (Lipinski definition) is 2. The highest BCUT2D eigenvalue weighted by Gasteiger charge is 2.32. The number of amides is 1. The second-order valence-corrected chi connectivity index (χ2v) is 7.86. The van der Waals surface area contributed by atoms with Crippen LogP contribution in [0.15, 0.2) is 36.7 Å². The van der Waals surface area contributed by atoms with E-state index in [1.807, 2.05) is 22.9 Å². The summed E-state index contributed by atoms with van der Waals surface area (Å²) in [5, 5.41) is 17.3. The third kappa shape index (κ3) is 3.65. The second kappa shape index (κ2) is 7.14. The molecule has 0 radical (unpaired) electrons. The average molecular weight is 380 g/mol. The maximum Gasteiger partial charge on any atom is 0.323 e. The average Bonchev–Trinajstić information content (AvgIpc) is 3.27. The number of aromatic nitrogens is 3. The fraction of sp³-hybridized carbons (Fsp3) is 0.381. The lowest BCUT2D eigenvalue weighted by Gasteiger charge is -2.11. The number of nitrogens with zero attached hydrogens (tertiary/aromatic N) is 3. The van der Waals surface area contributed by atoms with Crippen molar-refractivity contribution in [1.29, 1.82) is 0 Å². The largest absolute Gasteiger partial charge is 0.480 e. The summed E-state index contributed by atoms with van der Waals surface area (Å²) in [4.78, 5) is 23.9. The Labute approximate surface area is 163 Å². The molecule has 1 aromatic carbocycles. The SMILES string of the molecule is CC(C)Cn1ncc(C(=O)Nc2ccc3c(ccn3CC(=O)O)c2)c1C1CC1. The molecule has 7 nitrogen and oxygen atoms in total. The van der Waals surface area contributed by atoms with Crippen molar-refractivity contribution in [3.63, 3.8) is 0 Å². The molecular weight excluding hydrogens is 356 g/mol. The molecule has 1 fully saturated rings. The number of carbonyl (C=O) groups excluding carboxylic acids is 1. The van der Waals surface area contributed by atoms with Gasteiger partial charge in [0.25, 0.3) is 5.91 Å². The lowest BCUT2D eigenvalue weighted by molar-refractivity contribution is -0.137. The van der Waals surface area contributed by atoms with Gasteiger partial charge in [0, 0.05) is 35.2 Å². The van der Waals surface area contributed by atoms with E-state index in [2.05, 4.69) is 24.3 Å². The van der Waals surface area contributed by atoms with Gasteiger partial charge < -0.3 is 15.0 Å². The molecule has 0 aliphatic heterocycles. The van der Waals surface area contributed by atoms with Crippen molar-refractivity contribution in [2.45, 2.75) is 45.7 Å². The fourth-order valence-corrected chi connectivity index (χ4v) is 3.61. The molecule has 146 valence electrons. The van der Waals surface area contributed by atoms with Gasteiger partial charge >= 0.3 is 5.97 Å². The van der Waals surface area contributed by atoms with Gasteiger partial charge in [-0.1, -0.05) is 13.8 Å². The van der Waals surface area contributed by atoms with Crippen molar-refractivity contribution in [2.24, 2.45) is 5.92 Å². The van der Waals surface area contributed by atoms with Crippen molar-refractivity contribution >= 4 is 28.5 Å². The van der Waals surface area contributed by atoms with Crippen LogP contribution in [-0.4, -0.2) is 31.3 Å². The molecule has 1 saturated carbocycles. The molecule has 0 atom stereocenters. The number of fused-ring (bicyclic) bond motifs is 1. The van der Waals surface area contributed by atoms with Crippen LogP contribution in [0.1, 0.15) is 48.7 Å². The van der Waals surface area contributed by atoms with Crippen molar-refractivity contribution < 1.29 is 14.7 Å². The molecule has 4 rings (SSSR count). The van der Waals surface area contributed by atoms with Crippen molar-refractivity contribution in [3.05, 3.63) is 47.9 Å². The predicted octanol–water partition coefficient (Wildman–Crippen LogP) is 3.71. The van der Waals surface area contributed by atoms with E-state index in [4.69, 9.17) is 5.11 Å². The van der Waals surface area contributed by atoms with Crippen LogP contribution in [0.2, 0.25) is 0 Å². The maximum absolute atomic E-state index is 12.9. The smallest absolute Gasteiger partial charge is 0.323 e. The van der Waals surface area contributed by atoms with E-state index < -0.39 is 5.97 Å². The number of nitrogens with one attached hydrogen (secondary N) is 1. The van der Waals surface area contributed by atoms with Crippen LogP contribution in [0.3, 0.4) is 0 Å². The first kappa shape index (κ1) is 18.3. The normalized spacial score (nSPS) is 14.0. The monoisotopic (exact) mass is 380 g/mol. The standard InChI is InChI=1S/C21H24N4O3/c1-13(2)11-25-20(14-3-4-14)17(10-22-25)21(28)23-16-5-6-18-15(9-16)7-8-24(18)12-19(26)27/h5-10,13-14H,3-4,11-12H2,1-2H3,(H,23,28)(H,26,27). The highest BCUT2D eigenvalue weighted by atomic mass is 16.4. The van der Waals surface area contributed by atoms with Gasteiger partial charge in [0.15, 0.2) is 0 Å². The van der Waals surface area contributed by atoms with E-state index in [0.717, 1.165) is 36.0 Å². The number of benzene rings is 1. The molecule has 2 N–H and O–H groups in total. The quantitative estimate of drug-likeness (QED) is 0.654. The van der Waals surface area contributed by atoms with E-state index in [0.29, 0.717) is 23.1 Å². The molecule has 28 heavy (non-hydrogen) atoms. The van der Waals surface area contributed by atoms with Crippen molar-refractivity contribution in [1.82, 2.24) is 14.3 Å². The fourth-order valence-electron chi connectivity index (χ4n) is 3.61. The molecule has 1 aliphatic carbocycles. The molecule has 2 heterocycles. The minimum Gasteiger partial charge on any atom is -0.480 e. The lowest BCUT2D eigenvalue weighted by Crippen LogP contribution is -2.15. The van der Waals surface area contributed by atoms with Gasteiger partial charge in [-0.2, -0.15) is 5.10 Å². The van der Waals surface area contributed by atoms with Crippen LogP contribution >= 0.6 is 0 Å². The number of carboxylic acids is 1. The summed E-state index contributed by atoms with van der Waals surface area (Å²) in [6, 6.07) is 7.34. The number of carboxylic acid groups (broad SMARTS) is 1. The molecule has 3 aromatic rings. The van der Waals surface area contributed by atoms with Gasteiger partial charge in [-0.25, -0.2) is 0 Å². The summed E-state index contributed by atoms with van der Waals surface area (Å²) in [6.07, 6.45) is 5.62.